The van der Waals surface area contributed by atoms with Crippen LogP contribution in [-0.4, -0.2) is 37.0 Å². The fourth-order valence-corrected chi connectivity index (χ4v) is 2.36. The number of hydrogen-bond donors (Lipinski definition) is 1. The SMILES string of the molecule is O=C(c1c(F)cc(Br)cc1F)N1CCCNCC1. The molecule has 3 nitrogen and oxygen atoms in total. The quantitative estimate of drug-likeness (QED) is 0.860. The molecule has 1 N–H and O–H groups in total. The summed E-state index contributed by atoms with van der Waals surface area (Å²) in [5.74, 6) is -2.24. The van der Waals surface area contributed by atoms with Crippen LogP contribution < -0.4 is 5.32 Å². The van der Waals surface area contributed by atoms with Crippen molar-refractivity contribution in [3.05, 3.63) is 33.8 Å². The first kappa shape index (κ1) is 13.4. The van der Waals surface area contributed by atoms with Gasteiger partial charge in [0.15, 0.2) is 0 Å². The van der Waals surface area contributed by atoms with Gasteiger partial charge in [0.05, 0.1) is 0 Å². The van der Waals surface area contributed by atoms with Crippen molar-refractivity contribution >= 4 is 21.8 Å². The Hall–Kier alpha value is -1.01. The van der Waals surface area contributed by atoms with E-state index in [1.807, 2.05) is 0 Å². The molecule has 98 valence electrons. The third-order valence-corrected chi connectivity index (χ3v) is 3.31. The first-order valence-corrected chi connectivity index (χ1v) is 6.53. The van der Waals surface area contributed by atoms with Crippen molar-refractivity contribution in [1.82, 2.24) is 10.2 Å². The molecular weight excluding hydrogens is 306 g/mol. The number of hydrogen-bond acceptors (Lipinski definition) is 2. The third kappa shape index (κ3) is 2.87. The van der Waals surface area contributed by atoms with Crippen molar-refractivity contribution in [3.8, 4) is 0 Å². The molecule has 0 aliphatic carbocycles. The zero-order chi connectivity index (χ0) is 13.1. The fraction of sp³-hybridized carbons (Fsp3) is 0.417. The maximum Gasteiger partial charge on any atom is 0.259 e. The van der Waals surface area contributed by atoms with Gasteiger partial charge in [-0.1, -0.05) is 15.9 Å². The number of nitrogens with zero attached hydrogens (tertiary/aromatic N) is 1. The Kier molecular flexibility index (Phi) is 4.29. The van der Waals surface area contributed by atoms with E-state index in [9.17, 15) is 13.6 Å². The van der Waals surface area contributed by atoms with E-state index in [-0.39, 0.29) is 4.47 Å². The van der Waals surface area contributed by atoms with Gasteiger partial charge in [-0.05, 0) is 25.1 Å². The molecule has 0 unspecified atom stereocenters. The molecule has 0 aromatic heterocycles. The van der Waals surface area contributed by atoms with Gasteiger partial charge >= 0.3 is 0 Å². The highest BCUT2D eigenvalue weighted by atomic mass is 79.9. The zero-order valence-corrected chi connectivity index (χ0v) is 11.3. The molecular formula is C12H13BrF2N2O. The Morgan fingerprint density at radius 2 is 1.89 bits per heavy atom. The molecule has 1 saturated heterocycles. The maximum absolute atomic E-state index is 13.7. The van der Waals surface area contributed by atoms with Crippen molar-refractivity contribution in [1.29, 1.82) is 0 Å². The average Bonchev–Trinajstić information content (AvgIpc) is 2.55. The van der Waals surface area contributed by atoms with Gasteiger partial charge in [-0.2, -0.15) is 0 Å². The van der Waals surface area contributed by atoms with E-state index < -0.39 is 23.1 Å². The van der Waals surface area contributed by atoms with E-state index in [1.54, 1.807) is 0 Å². The molecule has 0 bridgehead atoms. The first-order valence-electron chi connectivity index (χ1n) is 5.74. The van der Waals surface area contributed by atoms with Gasteiger partial charge in [0.25, 0.3) is 5.91 Å². The van der Waals surface area contributed by atoms with Crippen LogP contribution in [0.1, 0.15) is 16.8 Å². The Labute approximate surface area is 112 Å². The van der Waals surface area contributed by atoms with Gasteiger partial charge in [0, 0.05) is 24.1 Å². The second-order valence-corrected chi connectivity index (χ2v) is 5.06. The summed E-state index contributed by atoms with van der Waals surface area (Å²) in [7, 11) is 0. The Bertz CT molecular complexity index is 436. The molecule has 1 aromatic rings. The average molecular weight is 319 g/mol. The molecule has 1 fully saturated rings. The highest BCUT2D eigenvalue weighted by Gasteiger charge is 2.24. The molecule has 1 aliphatic rings. The maximum atomic E-state index is 13.7. The predicted molar refractivity (Wildman–Crippen MR) is 67.4 cm³/mol. The van der Waals surface area contributed by atoms with E-state index in [0.29, 0.717) is 19.6 Å². The first-order chi connectivity index (χ1) is 8.59. The highest BCUT2D eigenvalue weighted by Crippen LogP contribution is 2.21. The molecule has 18 heavy (non-hydrogen) atoms. The van der Waals surface area contributed by atoms with E-state index in [4.69, 9.17) is 0 Å². The number of amides is 1. The fourth-order valence-electron chi connectivity index (χ4n) is 1.95. The van der Waals surface area contributed by atoms with Crippen molar-refractivity contribution in [2.75, 3.05) is 26.2 Å². The summed E-state index contributed by atoms with van der Waals surface area (Å²) in [6.07, 6.45) is 0.783. The smallest absolute Gasteiger partial charge is 0.259 e. The van der Waals surface area contributed by atoms with Crippen LogP contribution >= 0.6 is 15.9 Å². The minimum Gasteiger partial charge on any atom is -0.337 e. The summed E-state index contributed by atoms with van der Waals surface area (Å²) in [4.78, 5) is 13.6. The normalized spacial score (nSPS) is 16.5. The lowest BCUT2D eigenvalue weighted by Gasteiger charge is -2.20. The van der Waals surface area contributed by atoms with Crippen molar-refractivity contribution in [3.63, 3.8) is 0 Å². The van der Waals surface area contributed by atoms with Gasteiger partial charge in [-0.3, -0.25) is 4.79 Å². The number of carbonyl (C=O) groups excluding carboxylic acids is 1. The van der Waals surface area contributed by atoms with Crippen molar-refractivity contribution in [2.45, 2.75) is 6.42 Å². The monoisotopic (exact) mass is 318 g/mol. The van der Waals surface area contributed by atoms with E-state index >= 15 is 0 Å². The lowest BCUT2D eigenvalue weighted by molar-refractivity contribution is 0.0756. The topological polar surface area (TPSA) is 32.3 Å². The van der Waals surface area contributed by atoms with Crippen LogP contribution in [-0.2, 0) is 0 Å². The summed E-state index contributed by atoms with van der Waals surface area (Å²) in [5, 5.41) is 3.13. The Morgan fingerprint density at radius 3 is 2.56 bits per heavy atom. The summed E-state index contributed by atoms with van der Waals surface area (Å²) in [6.45, 7) is 2.44. The molecule has 6 heteroatoms. The second kappa shape index (κ2) is 5.75. The largest absolute Gasteiger partial charge is 0.337 e. The summed E-state index contributed by atoms with van der Waals surface area (Å²) in [6, 6.07) is 2.21. The third-order valence-electron chi connectivity index (χ3n) is 2.85. The molecule has 1 aromatic carbocycles. The van der Waals surface area contributed by atoms with Crippen molar-refractivity contribution in [2.24, 2.45) is 0 Å². The van der Waals surface area contributed by atoms with Crippen molar-refractivity contribution < 1.29 is 13.6 Å². The summed E-state index contributed by atoms with van der Waals surface area (Å²) >= 11 is 2.99. The van der Waals surface area contributed by atoms with Crippen LogP contribution in [0, 0.1) is 11.6 Å². The highest BCUT2D eigenvalue weighted by molar-refractivity contribution is 9.10. The predicted octanol–water partition coefficient (Wildman–Crippen LogP) is 2.16. The molecule has 2 rings (SSSR count). The standard InChI is InChI=1S/C12H13BrF2N2O/c13-8-6-9(14)11(10(15)7-8)12(18)17-4-1-2-16-3-5-17/h6-7,16H,1-5H2. The Balaban J connectivity index is 2.27. The van der Waals surface area contributed by atoms with Gasteiger partial charge in [0.2, 0.25) is 0 Å². The van der Waals surface area contributed by atoms with Gasteiger partial charge in [-0.25, -0.2) is 8.78 Å². The van der Waals surface area contributed by atoms with E-state index in [2.05, 4.69) is 21.2 Å². The van der Waals surface area contributed by atoms with Gasteiger partial charge in [0.1, 0.15) is 17.2 Å². The van der Waals surface area contributed by atoms with Crippen LogP contribution in [0.3, 0.4) is 0 Å². The molecule has 1 amide bonds. The number of rotatable bonds is 1. The van der Waals surface area contributed by atoms with Gasteiger partial charge in [-0.15, -0.1) is 0 Å². The van der Waals surface area contributed by atoms with Crippen LogP contribution in [0.15, 0.2) is 16.6 Å². The van der Waals surface area contributed by atoms with Gasteiger partial charge < -0.3 is 10.2 Å². The van der Waals surface area contributed by atoms with Crippen LogP contribution in [0.5, 0.6) is 0 Å². The molecule has 1 aliphatic heterocycles. The molecule has 0 atom stereocenters. The van der Waals surface area contributed by atoms with Crippen LogP contribution in [0.4, 0.5) is 8.78 Å². The van der Waals surface area contributed by atoms with Crippen LogP contribution in [0.25, 0.3) is 0 Å². The van der Waals surface area contributed by atoms with Crippen LogP contribution in [0.2, 0.25) is 0 Å². The molecule has 0 radical (unpaired) electrons. The number of halogens is 3. The molecule has 0 spiro atoms. The number of nitrogens with one attached hydrogen (secondary N) is 1. The lowest BCUT2D eigenvalue weighted by atomic mass is 10.1. The minimum atomic E-state index is -0.830. The summed E-state index contributed by atoms with van der Waals surface area (Å²) < 4.78 is 27.7. The second-order valence-electron chi connectivity index (χ2n) is 4.14. The lowest BCUT2D eigenvalue weighted by Crippen LogP contribution is -2.35. The minimum absolute atomic E-state index is 0.284. The zero-order valence-electron chi connectivity index (χ0n) is 9.68. The Morgan fingerprint density at radius 1 is 1.22 bits per heavy atom. The summed E-state index contributed by atoms with van der Waals surface area (Å²) in [5.41, 5.74) is -0.472. The number of carbonyl (C=O) groups is 1. The van der Waals surface area contributed by atoms with E-state index in [0.717, 1.165) is 25.1 Å². The molecule has 1 heterocycles. The number of benzene rings is 1. The molecule has 0 saturated carbocycles. The van der Waals surface area contributed by atoms with E-state index in [1.165, 1.54) is 4.90 Å².